The van der Waals surface area contributed by atoms with Crippen molar-refractivity contribution in [1.29, 1.82) is 0 Å². The van der Waals surface area contributed by atoms with Crippen LogP contribution in [0.3, 0.4) is 0 Å². The molecule has 0 saturated heterocycles. The number of hydrogen-bond donors (Lipinski definition) is 3. The Morgan fingerprint density at radius 2 is 2.03 bits per heavy atom. The van der Waals surface area contributed by atoms with Gasteiger partial charge in [-0.2, -0.15) is 10.0 Å². The first kappa shape index (κ1) is 20.9. The molecule has 2 unspecified atom stereocenters. The Labute approximate surface area is 186 Å². The quantitative estimate of drug-likeness (QED) is 0.599. The maximum Gasteiger partial charge on any atom is 0.573 e. The van der Waals surface area contributed by atoms with Gasteiger partial charge < -0.3 is 20.1 Å². The molecule has 0 saturated carbocycles. The molecule has 0 aromatic heterocycles. The summed E-state index contributed by atoms with van der Waals surface area (Å²) in [5.41, 5.74) is 7.86. The van der Waals surface area contributed by atoms with Gasteiger partial charge in [-0.05, 0) is 23.8 Å². The van der Waals surface area contributed by atoms with Crippen molar-refractivity contribution < 1.29 is 23.0 Å². The number of nitrogens with zero attached hydrogens (tertiary/aromatic N) is 3. The summed E-state index contributed by atoms with van der Waals surface area (Å²) in [4.78, 5) is 13.0. The number of likely N-dealkylation sites (N-methyl/N-ethyl adjacent to an activating group) is 1. The summed E-state index contributed by atoms with van der Waals surface area (Å²) in [6.07, 6.45) is -3.40. The first-order valence-electron chi connectivity index (χ1n) is 10.0. The van der Waals surface area contributed by atoms with Crippen LogP contribution in [0.5, 0.6) is 11.5 Å². The van der Waals surface area contributed by atoms with E-state index in [1.807, 2.05) is 42.4 Å². The number of ether oxygens (including phenoxy) is 1. The van der Waals surface area contributed by atoms with Crippen molar-refractivity contribution in [2.24, 2.45) is 10.3 Å². The van der Waals surface area contributed by atoms with E-state index < -0.39 is 23.9 Å². The lowest BCUT2D eigenvalue weighted by molar-refractivity contribution is -0.275. The molecular formula is C22H18F3N5O3. The number of aromatic hydroxyl groups is 1. The lowest BCUT2D eigenvalue weighted by Gasteiger charge is -2.29. The molecule has 3 aliphatic heterocycles. The molecule has 3 aliphatic rings. The first-order valence-corrected chi connectivity index (χ1v) is 10.0. The smallest absolute Gasteiger partial charge is 0.504 e. The molecule has 0 aliphatic carbocycles. The number of phenols is 1. The van der Waals surface area contributed by atoms with Gasteiger partial charge in [0.1, 0.15) is 12.7 Å². The number of halogens is 3. The van der Waals surface area contributed by atoms with Crippen molar-refractivity contribution in [3.8, 4) is 11.5 Å². The van der Waals surface area contributed by atoms with Crippen LogP contribution < -0.4 is 15.5 Å². The van der Waals surface area contributed by atoms with Gasteiger partial charge in [-0.15, -0.1) is 13.2 Å². The van der Waals surface area contributed by atoms with E-state index in [2.05, 4.69) is 25.8 Å². The van der Waals surface area contributed by atoms with Gasteiger partial charge in [0.2, 0.25) is 0 Å². The second kappa shape index (κ2) is 7.54. The van der Waals surface area contributed by atoms with Gasteiger partial charge in [0.05, 0.1) is 11.8 Å². The fourth-order valence-corrected chi connectivity index (χ4v) is 4.46. The fraction of sp³-hybridized carbons (Fsp3) is 0.227. The first-order chi connectivity index (χ1) is 15.8. The molecule has 0 fully saturated rings. The topological polar surface area (TPSA) is 98.6 Å². The van der Waals surface area contributed by atoms with E-state index in [0.717, 1.165) is 22.3 Å². The van der Waals surface area contributed by atoms with Crippen LogP contribution in [0.4, 0.5) is 18.9 Å². The summed E-state index contributed by atoms with van der Waals surface area (Å²) in [6, 6.07) is 10.7. The number of anilines is 1. The number of nitroso groups, excluding NO2 is 1. The summed E-state index contributed by atoms with van der Waals surface area (Å²) in [7, 11) is 1.85. The minimum absolute atomic E-state index is 0.142. The van der Waals surface area contributed by atoms with Crippen LogP contribution in [0, 0.1) is 4.91 Å². The second-order valence-electron chi connectivity index (χ2n) is 7.81. The Bertz CT molecular complexity index is 1240. The highest BCUT2D eigenvalue weighted by molar-refractivity contribution is 6.28. The number of hydrogen-bond acceptors (Lipinski definition) is 8. The second-order valence-corrected chi connectivity index (χ2v) is 7.81. The molecule has 0 amide bonds. The van der Waals surface area contributed by atoms with E-state index in [0.29, 0.717) is 17.0 Å². The van der Waals surface area contributed by atoms with Crippen LogP contribution in [-0.4, -0.2) is 41.8 Å². The highest BCUT2D eigenvalue weighted by Crippen LogP contribution is 2.48. The molecule has 2 atom stereocenters. The van der Waals surface area contributed by atoms with Crippen molar-refractivity contribution in [2.45, 2.75) is 18.6 Å². The zero-order valence-corrected chi connectivity index (χ0v) is 17.2. The molecular weight excluding hydrogens is 439 g/mol. The average molecular weight is 457 g/mol. The molecule has 11 heteroatoms. The zero-order chi connectivity index (χ0) is 23.3. The highest BCUT2D eigenvalue weighted by atomic mass is 19.4. The molecule has 170 valence electrons. The van der Waals surface area contributed by atoms with Gasteiger partial charge in [0, 0.05) is 41.2 Å². The number of fused-ring (bicyclic) bond motifs is 2. The van der Waals surface area contributed by atoms with Gasteiger partial charge in [0.25, 0.3) is 0 Å². The van der Waals surface area contributed by atoms with E-state index >= 15 is 0 Å². The highest BCUT2D eigenvalue weighted by Gasteiger charge is 2.41. The zero-order valence-electron chi connectivity index (χ0n) is 17.2. The minimum Gasteiger partial charge on any atom is -0.504 e. The Balaban J connectivity index is 1.70. The Hall–Kier alpha value is -4.02. The van der Waals surface area contributed by atoms with Crippen LogP contribution in [0.15, 0.2) is 70.1 Å². The largest absolute Gasteiger partial charge is 0.573 e. The monoisotopic (exact) mass is 457 g/mol. The third kappa shape index (κ3) is 3.55. The number of phenolic OH excluding ortho intramolecular Hbond substituents is 1. The molecule has 3 heterocycles. The van der Waals surface area contributed by atoms with Crippen LogP contribution >= 0.6 is 0 Å². The minimum atomic E-state index is -4.95. The molecule has 5 rings (SSSR count). The predicted octanol–water partition coefficient (Wildman–Crippen LogP) is 4.09. The standard InChI is InChI=1S/C22H18F3N5O3/c1-30-10-13-19-18(15(9-26-32)28-29-21(19)30)12-4-2-3-5-14(12)27-20(13)11-6-7-16(31)17(8-11)33-22(23,24)25/h2-8,10,20-21,27,29,31H,9H2,1H3. The Morgan fingerprint density at radius 1 is 1.24 bits per heavy atom. The van der Waals surface area contributed by atoms with Crippen molar-refractivity contribution >= 4 is 17.0 Å². The van der Waals surface area contributed by atoms with Gasteiger partial charge in [0.15, 0.2) is 11.5 Å². The van der Waals surface area contributed by atoms with E-state index in [9.17, 15) is 23.2 Å². The van der Waals surface area contributed by atoms with Gasteiger partial charge in [-0.3, -0.25) is 5.43 Å². The van der Waals surface area contributed by atoms with E-state index in [4.69, 9.17) is 0 Å². The third-order valence-corrected chi connectivity index (χ3v) is 5.78. The van der Waals surface area contributed by atoms with Crippen molar-refractivity contribution in [3.63, 3.8) is 0 Å². The lowest BCUT2D eigenvalue weighted by atomic mass is 9.87. The maximum absolute atomic E-state index is 12.9. The summed E-state index contributed by atoms with van der Waals surface area (Å²) in [5.74, 6) is -1.31. The molecule has 2 aromatic rings. The lowest BCUT2D eigenvalue weighted by Crippen LogP contribution is -2.40. The summed E-state index contributed by atoms with van der Waals surface area (Å²) < 4.78 is 42.6. The maximum atomic E-state index is 12.9. The number of benzene rings is 2. The van der Waals surface area contributed by atoms with Crippen LogP contribution in [0.25, 0.3) is 5.57 Å². The van der Waals surface area contributed by atoms with Gasteiger partial charge in [-0.25, -0.2) is 0 Å². The SMILES string of the molecule is CN1C=C2C3=C(C(CN=O)=NNC31)c1ccccc1NC2c1ccc(O)c(OC(F)(F)F)c1. The van der Waals surface area contributed by atoms with Crippen LogP contribution in [-0.2, 0) is 0 Å². The van der Waals surface area contributed by atoms with Crippen molar-refractivity contribution in [3.05, 3.63) is 75.8 Å². The van der Waals surface area contributed by atoms with Crippen LogP contribution in [0.1, 0.15) is 17.2 Å². The Morgan fingerprint density at radius 3 is 2.79 bits per heavy atom. The van der Waals surface area contributed by atoms with Crippen LogP contribution in [0.2, 0.25) is 0 Å². The van der Waals surface area contributed by atoms with Crippen molar-refractivity contribution in [2.75, 3.05) is 18.9 Å². The Kier molecular flexibility index (Phi) is 4.76. The molecule has 0 bridgehead atoms. The molecule has 3 N–H and O–H groups in total. The number of rotatable bonds is 4. The summed E-state index contributed by atoms with van der Waals surface area (Å²) in [5, 5.41) is 20.7. The fourth-order valence-electron chi connectivity index (χ4n) is 4.46. The predicted molar refractivity (Wildman–Crippen MR) is 115 cm³/mol. The van der Waals surface area contributed by atoms with Gasteiger partial charge >= 0.3 is 6.36 Å². The number of hydrazone groups is 1. The van der Waals surface area contributed by atoms with Crippen molar-refractivity contribution in [1.82, 2.24) is 10.3 Å². The molecule has 2 aromatic carbocycles. The number of para-hydroxylation sites is 1. The number of nitrogens with one attached hydrogen (secondary N) is 2. The number of alkyl halides is 3. The average Bonchev–Trinajstić information content (AvgIpc) is 3.01. The molecule has 8 nitrogen and oxygen atoms in total. The van der Waals surface area contributed by atoms with E-state index in [1.54, 1.807) is 0 Å². The normalized spacial score (nSPS) is 21.2. The summed E-state index contributed by atoms with van der Waals surface area (Å²) >= 11 is 0. The summed E-state index contributed by atoms with van der Waals surface area (Å²) in [6.45, 7) is -0.142. The molecule has 33 heavy (non-hydrogen) atoms. The molecule has 0 radical (unpaired) electrons. The van der Waals surface area contributed by atoms with E-state index in [1.165, 1.54) is 18.2 Å². The third-order valence-electron chi connectivity index (χ3n) is 5.78. The molecule has 0 spiro atoms. The van der Waals surface area contributed by atoms with E-state index in [-0.39, 0.29) is 12.7 Å². The van der Waals surface area contributed by atoms with Gasteiger partial charge in [-0.1, -0.05) is 29.4 Å².